The summed E-state index contributed by atoms with van der Waals surface area (Å²) in [5.74, 6) is 0. The van der Waals surface area contributed by atoms with E-state index >= 15 is 0 Å². The molecule has 15 heavy (non-hydrogen) atoms. The van der Waals surface area contributed by atoms with E-state index in [-0.39, 0.29) is 0 Å². The highest BCUT2D eigenvalue weighted by Crippen LogP contribution is 2.29. The third-order valence-corrected chi connectivity index (χ3v) is 3.08. The Hall–Kier alpha value is 0.110. The van der Waals surface area contributed by atoms with Crippen LogP contribution >= 0.6 is 31.9 Å². The zero-order valence-electron chi connectivity index (χ0n) is 9.43. The van der Waals surface area contributed by atoms with Gasteiger partial charge >= 0.3 is 0 Å². The largest absolute Gasteiger partial charge is 0.260 e. The van der Waals surface area contributed by atoms with E-state index in [9.17, 15) is 0 Å². The van der Waals surface area contributed by atoms with E-state index in [0.717, 1.165) is 23.0 Å². The average Bonchev–Trinajstić information content (AvgIpc) is 2.06. The standard InChI is InChI=1S/C12H17Br2N/c1-9(13)6-12(2,3)7-11-5-4-10(14)8-15-11/h4-5,8-9H,6-7H2,1-3H3. The van der Waals surface area contributed by atoms with Gasteiger partial charge in [0.25, 0.3) is 0 Å². The van der Waals surface area contributed by atoms with Crippen LogP contribution in [0.25, 0.3) is 0 Å². The molecule has 1 atom stereocenters. The van der Waals surface area contributed by atoms with Crippen LogP contribution in [0.4, 0.5) is 0 Å². The predicted molar refractivity (Wildman–Crippen MR) is 72.4 cm³/mol. The van der Waals surface area contributed by atoms with Crippen LogP contribution in [0.3, 0.4) is 0 Å². The van der Waals surface area contributed by atoms with Crippen LogP contribution in [0.1, 0.15) is 32.9 Å². The Morgan fingerprint density at radius 1 is 1.40 bits per heavy atom. The summed E-state index contributed by atoms with van der Waals surface area (Å²) in [4.78, 5) is 4.97. The average molecular weight is 335 g/mol. The SMILES string of the molecule is CC(Br)CC(C)(C)Cc1ccc(Br)cn1. The molecule has 1 nitrogen and oxygen atoms in total. The predicted octanol–water partition coefficient (Wildman–Crippen LogP) is 4.59. The second-order valence-electron chi connectivity index (χ2n) is 4.79. The van der Waals surface area contributed by atoms with E-state index in [2.05, 4.69) is 69.7 Å². The summed E-state index contributed by atoms with van der Waals surface area (Å²) < 4.78 is 1.04. The Labute approximate surface area is 109 Å². The molecule has 1 aromatic heterocycles. The molecule has 1 aromatic rings. The van der Waals surface area contributed by atoms with Crippen molar-refractivity contribution in [2.75, 3.05) is 0 Å². The second-order valence-corrected chi connectivity index (χ2v) is 7.27. The number of halogens is 2. The fourth-order valence-electron chi connectivity index (χ4n) is 1.83. The first-order valence-electron chi connectivity index (χ1n) is 5.13. The van der Waals surface area contributed by atoms with Crippen molar-refractivity contribution in [3.05, 3.63) is 28.5 Å². The summed E-state index contributed by atoms with van der Waals surface area (Å²) in [6, 6.07) is 4.14. The molecule has 1 rings (SSSR count). The smallest absolute Gasteiger partial charge is 0.0413 e. The number of nitrogens with zero attached hydrogens (tertiary/aromatic N) is 1. The van der Waals surface area contributed by atoms with Crippen LogP contribution in [0, 0.1) is 5.41 Å². The van der Waals surface area contributed by atoms with E-state index in [1.165, 1.54) is 0 Å². The van der Waals surface area contributed by atoms with E-state index in [1.807, 2.05) is 6.20 Å². The maximum atomic E-state index is 4.41. The molecule has 0 N–H and O–H groups in total. The summed E-state index contributed by atoms with van der Waals surface area (Å²) >= 11 is 7.00. The van der Waals surface area contributed by atoms with Crippen LogP contribution in [0.15, 0.2) is 22.8 Å². The van der Waals surface area contributed by atoms with Gasteiger partial charge in [0.05, 0.1) is 0 Å². The van der Waals surface area contributed by atoms with Crippen LogP contribution in [-0.4, -0.2) is 9.81 Å². The van der Waals surface area contributed by atoms with Gasteiger partial charge in [-0.2, -0.15) is 0 Å². The van der Waals surface area contributed by atoms with Crippen molar-refractivity contribution < 1.29 is 0 Å². The molecule has 0 aliphatic rings. The highest BCUT2D eigenvalue weighted by molar-refractivity contribution is 9.10. The van der Waals surface area contributed by atoms with E-state index < -0.39 is 0 Å². The summed E-state index contributed by atoms with van der Waals surface area (Å²) in [6.45, 7) is 6.76. The van der Waals surface area contributed by atoms with E-state index in [1.54, 1.807) is 0 Å². The topological polar surface area (TPSA) is 12.9 Å². The number of rotatable bonds is 4. The molecule has 1 heterocycles. The van der Waals surface area contributed by atoms with Crippen molar-refractivity contribution in [3.8, 4) is 0 Å². The zero-order chi connectivity index (χ0) is 11.5. The van der Waals surface area contributed by atoms with Gasteiger partial charge in [0.1, 0.15) is 0 Å². The molecule has 0 aliphatic carbocycles. The lowest BCUT2D eigenvalue weighted by molar-refractivity contribution is 0.331. The van der Waals surface area contributed by atoms with Crippen molar-refractivity contribution >= 4 is 31.9 Å². The van der Waals surface area contributed by atoms with Crippen LogP contribution in [0.2, 0.25) is 0 Å². The first-order valence-corrected chi connectivity index (χ1v) is 6.84. The normalized spacial score (nSPS) is 13.9. The van der Waals surface area contributed by atoms with E-state index in [0.29, 0.717) is 10.2 Å². The lowest BCUT2D eigenvalue weighted by Crippen LogP contribution is -2.19. The Morgan fingerprint density at radius 2 is 2.07 bits per heavy atom. The van der Waals surface area contributed by atoms with Gasteiger partial charge in [-0.25, -0.2) is 0 Å². The van der Waals surface area contributed by atoms with Gasteiger partial charge in [-0.1, -0.05) is 36.7 Å². The van der Waals surface area contributed by atoms with Crippen LogP contribution in [-0.2, 0) is 6.42 Å². The van der Waals surface area contributed by atoms with Crippen LogP contribution in [0.5, 0.6) is 0 Å². The number of hydrogen-bond acceptors (Lipinski definition) is 1. The zero-order valence-corrected chi connectivity index (χ0v) is 12.6. The molecule has 1 unspecified atom stereocenters. The Balaban J connectivity index is 2.64. The highest BCUT2D eigenvalue weighted by atomic mass is 79.9. The molecule has 0 spiro atoms. The van der Waals surface area contributed by atoms with Gasteiger partial charge in [0.2, 0.25) is 0 Å². The van der Waals surface area contributed by atoms with Crippen LogP contribution < -0.4 is 0 Å². The Morgan fingerprint density at radius 3 is 2.53 bits per heavy atom. The molecule has 0 aliphatic heterocycles. The maximum absolute atomic E-state index is 4.41. The third kappa shape index (κ3) is 5.12. The molecular formula is C12H17Br2N. The minimum atomic E-state index is 0.295. The monoisotopic (exact) mass is 333 g/mol. The number of pyridine rings is 1. The molecule has 0 aromatic carbocycles. The molecule has 3 heteroatoms. The molecule has 0 bridgehead atoms. The van der Waals surface area contributed by atoms with Gasteiger partial charge in [-0.05, 0) is 46.3 Å². The fraction of sp³-hybridized carbons (Fsp3) is 0.583. The molecule has 0 amide bonds. The quantitative estimate of drug-likeness (QED) is 0.734. The van der Waals surface area contributed by atoms with Gasteiger partial charge in [-0.15, -0.1) is 0 Å². The Kier molecular flexibility index (Phi) is 4.78. The van der Waals surface area contributed by atoms with Crippen molar-refractivity contribution in [2.45, 2.75) is 38.4 Å². The molecule has 0 saturated carbocycles. The van der Waals surface area contributed by atoms with Gasteiger partial charge in [-0.3, -0.25) is 4.98 Å². The summed E-state index contributed by atoms with van der Waals surface area (Å²) in [5, 5.41) is 0. The van der Waals surface area contributed by atoms with Crippen molar-refractivity contribution in [2.24, 2.45) is 5.41 Å². The maximum Gasteiger partial charge on any atom is 0.0413 e. The first-order chi connectivity index (χ1) is 6.89. The summed E-state index contributed by atoms with van der Waals surface area (Å²) in [5.41, 5.74) is 1.46. The summed E-state index contributed by atoms with van der Waals surface area (Å²) in [7, 11) is 0. The number of aromatic nitrogens is 1. The molecule has 0 radical (unpaired) electrons. The van der Waals surface area contributed by atoms with E-state index in [4.69, 9.17) is 0 Å². The minimum Gasteiger partial charge on any atom is -0.260 e. The second kappa shape index (κ2) is 5.44. The minimum absolute atomic E-state index is 0.295. The van der Waals surface area contributed by atoms with Gasteiger partial charge in [0, 0.05) is 21.2 Å². The Bertz CT molecular complexity index is 304. The van der Waals surface area contributed by atoms with Crippen molar-refractivity contribution in [1.29, 1.82) is 0 Å². The summed E-state index contributed by atoms with van der Waals surface area (Å²) in [6.07, 6.45) is 4.05. The number of hydrogen-bond donors (Lipinski definition) is 0. The number of alkyl halides is 1. The third-order valence-electron chi connectivity index (χ3n) is 2.28. The van der Waals surface area contributed by atoms with Gasteiger partial charge < -0.3 is 0 Å². The van der Waals surface area contributed by atoms with Gasteiger partial charge in [0.15, 0.2) is 0 Å². The van der Waals surface area contributed by atoms with Crippen molar-refractivity contribution in [3.63, 3.8) is 0 Å². The van der Waals surface area contributed by atoms with Crippen molar-refractivity contribution in [1.82, 2.24) is 4.98 Å². The fourth-order valence-corrected chi connectivity index (χ4v) is 2.95. The lowest BCUT2D eigenvalue weighted by atomic mass is 9.83. The molecule has 84 valence electrons. The molecule has 0 saturated heterocycles. The first kappa shape index (κ1) is 13.2. The highest BCUT2D eigenvalue weighted by Gasteiger charge is 2.21. The molecular weight excluding hydrogens is 318 g/mol. The molecule has 0 fully saturated rings. The lowest BCUT2D eigenvalue weighted by Gasteiger charge is -2.25.